The van der Waals surface area contributed by atoms with Crippen molar-refractivity contribution in [3.05, 3.63) is 63.2 Å². The van der Waals surface area contributed by atoms with Gasteiger partial charge in [-0.15, -0.1) is 11.3 Å². The average Bonchev–Trinajstić information content (AvgIpc) is 3.38. The zero-order valence-electron chi connectivity index (χ0n) is 17.8. The van der Waals surface area contributed by atoms with E-state index in [2.05, 4.69) is 15.0 Å². The number of rotatable bonds is 8. The van der Waals surface area contributed by atoms with Gasteiger partial charge in [-0.2, -0.15) is 0 Å². The first-order valence-electron chi connectivity index (χ1n) is 10.3. The lowest BCUT2D eigenvalue weighted by Crippen LogP contribution is -2.37. The minimum atomic E-state index is -3.68. The Morgan fingerprint density at radius 3 is 2.67 bits per heavy atom. The number of hydrogen-bond acceptors (Lipinski definition) is 8. The van der Waals surface area contributed by atoms with E-state index in [9.17, 15) is 8.42 Å². The van der Waals surface area contributed by atoms with E-state index in [1.165, 1.54) is 21.6 Å². The van der Waals surface area contributed by atoms with Gasteiger partial charge >= 0.3 is 0 Å². The minimum absolute atomic E-state index is 0.114. The molecule has 11 heteroatoms. The van der Waals surface area contributed by atoms with Crippen LogP contribution in [0.5, 0.6) is 0 Å². The third kappa shape index (κ3) is 4.20. The summed E-state index contributed by atoms with van der Waals surface area (Å²) in [4.78, 5) is 14.3. The van der Waals surface area contributed by atoms with Crippen molar-refractivity contribution in [2.24, 2.45) is 0 Å². The third-order valence-corrected chi connectivity index (χ3v) is 9.66. The Labute approximate surface area is 209 Å². The molecule has 0 amide bonds. The van der Waals surface area contributed by atoms with Crippen LogP contribution < -0.4 is 0 Å². The van der Waals surface area contributed by atoms with Crippen LogP contribution >= 0.6 is 33.9 Å². The molecular weight excluding hydrogens is 575 g/mol. The number of aromatic nitrogens is 4. The van der Waals surface area contributed by atoms with E-state index in [1.807, 2.05) is 46.9 Å². The standard InChI is InChI=1S/C22H21IN4O4S2/c1-30-14-31-22(8-5-9-22)21-24-11-17(32-21)19-16-10-18(23)27(20(16)26-13-25-19)33(28,29)12-15-6-3-2-4-7-15/h2-4,6-7,10-11,13H,5,8-9,12,14H2,1H3. The highest BCUT2D eigenvalue weighted by atomic mass is 127. The molecule has 0 N–H and O–H groups in total. The maximum atomic E-state index is 13.3. The molecule has 0 radical (unpaired) electrons. The van der Waals surface area contributed by atoms with E-state index >= 15 is 0 Å². The predicted octanol–water partition coefficient (Wildman–Crippen LogP) is 4.54. The maximum absolute atomic E-state index is 13.3. The van der Waals surface area contributed by atoms with Gasteiger partial charge in [0.05, 0.1) is 20.0 Å². The number of nitrogens with zero attached hydrogens (tertiary/aromatic N) is 4. The number of halogens is 1. The van der Waals surface area contributed by atoms with Gasteiger partial charge in [0.25, 0.3) is 0 Å². The maximum Gasteiger partial charge on any atom is 0.245 e. The molecule has 5 rings (SSSR count). The second-order valence-corrected chi connectivity index (χ2v) is 11.8. The van der Waals surface area contributed by atoms with Crippen LogP contribution in [0.1, 0.15) is 29.8 Å². The first-order valence-corrected chi connectivity index (χ1v) is 13.8. The van der Waals surface area contributed by atoms with Crippen LogP contribution in [-0.2, 0) is 30.9 Å². The zero-order valence-corrected chi connectivity index (χ0v) is 21.6. The van der Waals surface area contributed by atoms with Crippen molar-refractivity contribution >= 4 is 55.0 Å². The molecule has 1 aromatic carbocycles. The number of fused-ring (bicyclic) bond motifs is 1. The summed E-state index contributed by atoms with van der Waals surface area (Å²) in [5.74, 6) is -0.114. The van der Waals surface area contributed by atoms with E-state index < -0.39 is 15.6 Å². The molecule has 3 aromatic heterocycles. The fourth-order valence-corrected chi connectivity index (χ4v) is 7.99. The van der Waals surface area contributed by atoms with Gasteiger partial charge in [-0.1, -0.05) is 30.3 Å². The fraction of sp³-hybridized carbons (Fsp3) is 0.318. The smallest absolute Gasteiger partial charge is 0.245 e. The van der Waals surface area contributed by atoms with Crippen molar-refractivity contribution in [3.63, 3.8) is 0 Å². The van der Waals surface area contributed by atoms with Crippen molar-refractivity contribution in [1.82, 2.24) is 18.9 Å². The van der Waals surface area contributed by atoms with E-state index in [0.717, 1.165) is 34.7 Å². The molecule has 0 bridgehead atoms. The Kier molecular flexibility index (Phi) is 6.25. The lowest BCUT2D eigenvalue weighted by Gasteiger charge is -2.39. The lowest BCUT2D eigenvalue weighted by atomic mass is 9.80. The van der Waals surface area contributed by atoms with Crippen LogP contribution in [0.2, 0.25) is 0 Å². The van der Waals surface area contributed by atoms with Gasteiger partial charge in [-0.3, -0.25) is 0 Å². The third-order valence-electron chi connectivity index (χ3n) is 5.73. The van der Waals surface area contributed by atoms with Crippen LogP contribution in [0.25, 0.3) is 21.6 Å². The predicted molar refractivity (Wildman–Crippen MR) is 134 cm³/mol. The number of benzene rings is 1. The molecule has 1 fully saturated rings. The largest absolute Gasteiger partial charge is 0.359 e. The monoisotopic (exact) mass is 596 g/mol. The molecule has 172 valence electrons. The van der Waals surface area contributed by atoms with Gasteiger partial charge in [-0.25, -0.2) is 27.3 Å². The van der Waals surface area contributed by atoms with Crippen LogP contribution in [0.3, 0.4) is 0 Å². The number of hydrogen-bond donors (Lipinski definition) is 0. The average molecular weight is 596 g/mol. The quantitative estimate of drug-likeness (QED) is 0.218. The van der Waals surface area contributed by atoms with E-state index in [-0.39, 0.29) is 12.5 Å². The second-order valence-electron chi connectivity index (χ2n) is 7.86. The number of methoxy groups -OCH3 is 1. The van der Waals surface area contributed by atoms with Crippen LogP contribution in [0.15, 0.2) is 48.9 Å². The van der Waals surface area contributed by atoms with Crippen molar-refractivity contribution in [3.8, 4) is 10.6 Å². The molecule has 1 saturated carbocycles. The van der Waals surface area contributed by atoms with E-state index in [1.54, 1.807) is 25.4 Å². The molecule has 4 aromatic rings. The molecule has 33 heavy (non-hydrogen) atoms. The SMILES string of the molecule is COCOC1(c2ncc(-c3ncnc4c3cc(I)n4S(=O)(=O)Cc3ccccc3)s2)CCC1. The molecule has 0 atom stereocenters. The molecular formula is C22H21IN4O4S2. The molecule has 0 saturated heterocycles. The summed E-state index contributed by atoms with van der Waals surface area (Å²) >= 11 is 3.55. The molecule has 1 aliphatic rings. The summed E-state index contributed by atoms with van der Waals surface area (Å²) in [6.07, 6.45) is 6.06. The summed E-state index contributed by atoms with van der Waals surface area (Å²) in [5.41, 5.74) is 1.34. The fourth-order valence-electron chi connectivity index (χ4n) is 3.95. The topological polar surface area (TPSA) is 96.2 Å². The Bertz CT molecular complexity index is 1400. The summed E-state index contributed by atoms with van der Waals surface area (Å²) in [6.45, 7) is 0.215. The summed E-state index contributed by atoms with van der Waals surface area (Å²) < 4.78 is 39.5. The highest BCUT2D eigenvalue weighted by Crippen LogP contribution is 2.47. The first kappa shape index (κ1) is 22.8. The van der Waals surface area contributed by atoms with E-state index in [4.69, 9.17) is 9.47 Å². The normalized spacial score (nSPS) is 15.6. The van der Waals surface area contributed by atoms with Crippen molar-refractivity contribution in [2.45, 2.75) is 30.6 Å². The minimum Gasteiger partial charge on any atom is -0.359 e. The van der Waals surface area contributed by atoms with Crippen LogP contribution in [0.4, 0.5) is 0 Å². The van der Waals surface area contributed by atoms with Crippen molar-refractivity contribution < 1.29 is 17.9 Å². The number of thiazole rings is 1. The Hall–Kier alpha value is -1.93. The van der Waals surface area contributed by atoms with Gasteiger partial charge in [0.15, 0.2) is 5.65 Å². The van der Waals surface area contributed by atoms with E-state index in [0.29, 0.717) is 20.4 Å². The summed E-state index contributed by atoms with van der Waals surface area (Å²) in [7, 11) is -2.07. The van der Waals surface area contributed by atoms with Crippen LogP contribution in [-0.4, -0.2) is 41.2 Å². The van der Waals surface area contributed by atoms with Crippen molar-refractivity contribution in [2.75, 3.05) is 13.9 Å². The number of ether oxygens (including phenoxy) is 2. The second kappa shape index (κ2) is 9.02. The summed E-state index contributed by atoms with van der Waals surface area (Å²) in [5, 5.41) is 1.56. The van der Waals surface area contributed by atoms with Gasteiger partial charge < -0.3 is 9.47 Å². The zero-order chi connectivity index (χ0) is 23.1. The highest BCUT2D eigenvalue weighted by molar-refractivity contribution is 14.1. The molecule has 1 aliphatic carbocycles. The molecule has 0 spiro atoms. The van der Waals surface area contributed by atoms with Gasteiger partial charge in [0.2, 0.25) is 10.0 Å². The highest BCUT2D eigenvalue weighted by Gasteiger charge is 2.43. The Morgan fingerprint density at radius 2 is 1.97 bits per heavy atom. The lowest BCUT2D eigenvalue weighted by molar-refractivity contribution is -0.171. The molecule has 0 aliphatic heterocycles. The van der Waals surface area contributed by atoms with Crippen LogP contribution in [0, 0.1) is 3.70 Å². The molecule has 8 nitrogen and oxygen atoms in total. The Balaban J connectivity index is 1.54. The molecule has 3 heterocycles. The Morgan fingerprint density at radius 1 is 1.18 bits per heavy atom. The van der Waals surface area contributed by atoms with Gasteiger partial charge in [0, 0.05) is 18.7 Å². The first-order chi connectivity index (χ1) is 15.9. The van der Waals surface area contributed by atoms with Gasteiger partial charge in [0.1, 0.15) is 23.7 Å². The summed E-state index contributed by atoms with van der Waals surface area (Å²) in [6, 6.07) is 10.9. The van der Waals surface area contributed by atoms with Crippen molar-refractivity contribution in [1.29, 1.82) is 0 Å². The van der Waals surface area contributed by atoms with Gasteiger partial charge in [-0.05, 0) is 53.5 Å². The molecule has 0 unspecified atom stereocenters.